The number of carboxylic acid groups (broad SMARTS) is 1. The number of rotatable bonds is 10. The minimum absolute atomic E-state index is 0.286. The van der Waals surface area contributed by atoms with E-state index in [0.29, 0.717) is 31.1 Å². The summed E-state index contributed by atoms with van der Waals surface area (Å²) in [5.74, 6) is 1.46. The van der Waals surface area contributed by atoms with Gasteiger partial charge in [-0.1, -0.05) is 24.4 Å². The Labute approximate surface area is 249 Å². The van der Waals surface area contributed by atoms with E-state index in [1.54, 1.807) is 6.08 Å². The second-order valence-electron chi connectivity index (χ2n) is 11.1. The zero-order valence-corrected chi connectivity index (χ0v) is 25.1. The summed E-state index contributed by atoms with van der Waals surface area (Å²) in [6.45, 7) is 12.5. The maximum Gasteiger partial charge on any atom is 0.323 e. The maximum absolute atomic E-state index is 12.6. The van der Waals surface area contributed by atoms with Crippen molar-refractivity contribution in [2.24, 2.45) is 0 Å². The van der Waals surface area contributed by atoms with Gasteiger partial charge < -0.3 is 24.1 Å². The van der Waals surface area contributed by atoms with Crippen LogP contribution in [0.5, 0.6) is 23.0 Å². The normalized spacial score (nSPS) is 21.1. The Bertz CT molecular complexity index is 1500. The highest BCUT2D eigenvalue weighted by molar-refractivity contribution is 8.15. The molecule has 3 heterocycles. The van der Waals surface area contributed by atoms with Crippen molar-refractivity contribution in [2.75, 3.05) is 26.4 Å². The van der Waals surface area contributed by atoms with Crippen LogP contribution in [0.1, 0.15) is 47.6 Å². The van der Waals surface area contributed by atoms with Gasteiger partial charge in [0.05, 0.1) is 5.25 Å². The topological polar surface area (TPSA) is 112 Å². The zero-order valence-electron chi connectivity index (χ0n) is 24.3. The van der Waals surface area contributed by atoms with Gasteiger partial charge in [-0.2, -0.15) is 0 Å². The predicted octanol–water partition coefficient (Wildman–Crippen LogP) is 5.65. The predicted molar refractivity (Wildman–Crippen MR) is 160 cm³/mol. The minimum atomic E-state index is -1.22. The monoisotopic (exact) mass is 593 g/mol. The number of nitrogens with zero attached hydrogens (tertiary/aromatic N) is 1. The molecule has 0 radical (unpaired) electrons. The van der Waals surface area contributed by atoms with Gasteiger partial charge in [-0.25, -0.2) is 0 Å². The van der Waals surface area contributed by atoms with Crippen LogP contribution in [0.2, 0.25) is 0 Å². The lowest BCUT2D eigenvalue weighted by Crippen LogP contribution is -2.42. The number of thioether (sulfide) groups is 1. The molecule has 3 aliphatic heterocycles. The zero-order chi connectivity index (χ0) is 30.2. The van der Waals surface area contributed by atoms with E-state index in [0.717, 1.165) is 68.8 Å². The molecule has 1 fully saturated rings. The molecule has 0 saturated carbocycles. The van der Waals surface area contributed by atoms with Gasteiger partial charge in [0, 0.05) is 11.1 Å². The van der Waals surface area contributed by atoms with Gasteiger partial charge in [0.2, 0.25) is 5.91 Å². The third kappa shape index (κ3) is 5.86. The van der Waals surface area contributed by atoms with Gasteiger partial charge in [-0.15, -0.1) is 0 Å². The second-order valence-corrected chi connectivity index (χ2v) is 12.3. The summed E-state index contributed by atoms with van der Waals surface area (Å²) in [6, 6.07) is 5.61. The Hall–Kier alpha value is -3.92. The molecular weight excluding hydrogens is 558 g/mol. The Morgan fingerprint density at radius 1 is 1.21 bits per heavy atom. The van der Waals surface area contributed by atoms with Gasteiger partial charge >= 0.3 is 5.97 Å². The minimum Gasteiger partial charge on any atom is -0.489 e. The number of imide groups is 1. The fourth-order valence-corrected chi connectivity index (χ4v) is 6.58. The van der Waals surface area contributed by atoms with E-state index in [1.807, 2.05) is 24.3 Å². The largest absolute Gasteiger partial charge is 0.489 e. The van der Waals surface area contributed by atoms with Crippen LogP contribution in [0.15, 0.2) is 36.4 Å². The summed E-state index contributed by atoms with van der Waals surface area (Å²) in [7, 11) is 0. The molecule has 0 aliphatic carbocycles. The first kappa shape index (κ1) is 29.6. The molecule has 0 bridgehead atoms. The number of carbonyl (C=O) groups excluding carboxylic acids is 2. The Balaban J connectivity index is 1.26. The first-order valence-corrected chi connectivity index (χ1v) is 14.8. The van der Waals surface area contributed by atoms with Crippen LogP contribution in [0.25, 0.3) is 6.08 Å². The van der Waals surface area contributed by atoms with E-state index >= 15 is 0 Å². The SMILES string of the molecule is C=CCOc1c(C)c(C)c2c(c1C)CCC(C)(COc1ccc3c(c1)C=C(CC1SC(=O)N(CC(=O)O)C1=O)CO3)O2. The molecular formula is C32H35NO8S. The molecule has 2 aromatic rings. The van der Waals surface area contributed by atoms with Crippen LogP contribution in [-0.4, -0.2) is 64.3 Å². The van der Waals surface area contributed by atoms with Crippen molar-refractivity contribution in [3.05, 3.63) is 64.2 Å². The lowest BCUT2D eigenvalue weighted by atomic mass is 9.87. The van der Waals surface area contributed by atoms with E-state index in [9.17, 15) is 14.4 Å². The number of benzene rings is 2. The number of amides is 2. The summed E-state index contributed by atoms with van der Waals surface area (Å²) < 4.78 is 24.7. The lowest BCUT2D eigenvalue weighted by Gasteiger charge is -2.38. The van der Waals surface area contributed by atoms with Crippen LogP contribution in [-0.2, 0) is 16.0 Å². The maximum atomic E-state index is 12.6. The van der Waals surface area contributed by atoms with E-state index < -0.39 is 34.5 Å². The van der Waals surface area contributed by atoms with Crippen LogP contribution >= 0.6 is 11.8 Å². The van der Waals surface area contributed by atoms with E-state index in [1.165, 1.54) is 5.56 Å². The molecule has 1 N–H and O–H groups in total. The van der Waals surface area contributed by atoms with Crippen molar-refractivity contribution in [1.29, 1.82) is 0 Å². The van der Waals surface area contributed by atoms with Crippen molar-refractivity contribution < 1.29 is 38.4 Å². The highest BCUT2D eigenvalue weighted by Crippen LogP contribution is 2.44. The average molecular weight is 594 g/mol. The number of fused-ring (bicyclic) bond motifs is 2. The molecule has 2 unspecified atom stereocenters. The summed E-state index contributed by atoms with van der Waals surface area (Å²) in [5, 5.41) is 7.79. The average Bonchev–Trinajstić information content (AvgIpc) is 3.21. The number of carboxylic acids is 1. The smallest absolute Gasteiger partial charge is 0.323 e. The molecule has 3 aliphatic rings. The van der Waals surface area contributed by atoms with Crippen molar-refractivity contribution in [2.45, 2.75) is 57.8 Å². The van der Waals surface area contributed by atoms with Gasteiger partial charge in [-0.05, 0) is 93.5 Å². The number of hydrogen-bond acceptors (Lipinski definition) is 8. The highest BCUT2D eigenvalue weighted by atomic mass is 32.2. The lowest BCUT2D eigenvalue weighted by molar-refractivity contribution is -0.141. The molecule has 9 nitrogen and oxygen atoms in total. The summed E-state index contributed by atoms with van der Waals surface area (Å²) in [6.07, 6.45) is 5.62. The van der Waals surface area contributed by atoms with E-state index in [2.05, 4.69) is 34.3 Å². The van der Waals surface area contributed by atoms with Crippen LogP contribution in [0.3, 0.4) is 0 Å². The first-order valence-electron chi connectivity index (χ1n) is 13.9. The number of ether oxygens (including phenoxy) is 4. The Kier molecular flexibility index (Phi) is 8.28. The second kappa shape index (κ2) is 11.8. The molecule has 222 valence electrons. The van der Waals surface area contributed by atoms with Crippen molar-refractivity contribution in [3.63, 3.8) is 0 Å². The van der Waals surface area contributed by atoms with E-state index in [4.69, 9.17) is 24.1 Å². The Morgan fingerprint density at radius 2 is 2.00 bits per heavy atom. The number of carbonyl (C=O) groups is 3. The first-order chi connectivity index (χ1) is 20.0. The quantitative estimate of drug-likeness (QED) is 0.349. The fraction of sp³-hybridized carbons (Fsp3) is 0.406. The van der Waals surface area contributed by atoms with Crippen molar-refractivity contribution in [3.8, 4) is 23.0 Å². The summed E-state index contributed by atoms with van der Waals surface area (Å²) in [5.41, 5.74) is 5.53. The van der Waals surface area contributed by atoms with Crippen molar-refractivity contribution >= 4 is 35.0 Å². The standard InChI is InChI=1S/C32H35NO8S/c1-6-11-38-28-18(2)19(3)29-24(20(28)4)9-10-32(5,41-29)17-40-23-7-8-25-22(14-23)12-21(16-39-25)13-26-30(36)33(15-27(34)35)31(37)42-26/h6-8,12,14,26H,1,9-11,13,15-17H2,2-5H3,(H,34,35). The van der Waals surface area contributed by atoms with Crippen LogP contribution < -0.4 is 18.9 Å². The Morgan fingerprint density at radius 3 is 2.74 bits per heavy atom. The molecule has 42 heavy (non-hydrogen) atoms. The molecule has 1 saturated heterocycles. The van der Waals surface area contributed by atoms with Crippen LogP contribution in [0.4, 0.5) is 4.79 Å². The van der Waals surface area contributed by atoms with Crippen molar-refractivity contribution in [1.82, 2.24) is 4.90 Å². The highest BCUT2D eigenvalue weighted by Gasteiger charge is 2.41. The number of hydrogen-bond donors (Lipinski definition) is 1. The molecule has 10 heteroatoms. The molecule has 5 rings (SSSR count). The molecule has 2 atom stereocenters. The van der Waals surface area contributed by atoms with E-state index in [-0.39, 0.29) is 6.61 Å². The third-order valence-electron chi connectivity index (χ3n) is 7.95. The summed E-state index contributed by atoms with van der Waals surface area (Å²) in [4.78, 5) is 36.5. The number of aliphatic carboxylic acids is 1. The fourth-order valence-electron chi connectivity index (χ4n) is 5.53. The third-order valence-corrected chi connectivity index (χ3v) is 9.03. The van der Waals surface area contributed by atoms with Gasteiger partial charge in [-0.3, -0.25) is 19.3 Å². The molecule has 0 aromatic heterocycles. The van der Waals surface area contributed by atoms with Gasteiger partial charge in [0.15, 0.2) is 0 Å². The van der Waals surface area contributed by atoms with Gasteiger partial charge in [0.25, 0.3) is 5.24 Å². The molecule has 2 amide bonds. The molecule has 0 spiro atoms. The molecule has 2 aromatic carbocycles. The van der Waals surface area contributed by atoms with Gasteiger partial charge in [0.1, 0.15) is 55.0 Å². The summed E-state index contributed by atoms with van der Waals surface area (Å²) >= 11 is 0.855. The van der Waals surface area contributed by atoms with Crippen LogP contribution in [0, 0.1) is 20.8 Å².